The van der Waals surface area contributed by atoms with E-state index in [-0.39, 0.29) is 24.0 Å². The highest BCUT2D eigenvalue weighted by Gasteiger charge is 2.35. The van der Waals surface area contributed by atoms with Gasteiger partial charge in [-0.1, -0.05) is 35.9 Å². The van der Waals surface area contributed by atoms with Crippen molar-refractivity contribution < 1.29 is 9.90 Å². The van der Waals surface area contributed by atoms with Crippen molar-refractivity contribution in [2.24, 2.45) is 0 Å². The van der Waals surface area contributed by atoms with Gasteiger partial charge >= 0.3 is 0 Å². The van der Waals surface area contributed by atoms with Crippen LogP contribution in [-0.4, -0.2) is 30.8 Å². The van der Waals surface area contributed by atoms with E-state index < -0.39 is 0 Å². The topological polar surface area (TPSA) is 92.9 Å². The summed E-state index contributed by atoms with van der Waals surface area (Å²) in [5.74, 6) is 0.628. The molecule has 3 heterocycles. The Bertz CT molecular complexity index is 1330. The highest BCUT2D eigenvalue weighted by molar-refractivity contribution is 6.30. The number of benzene rings is 2. The molecular formula is C24H20ClN5O2. The minimum absolute atomic E-state index is 0.140. The van der Waals surface area contributed by atoms with Gasteiger partial charge in [-0.15, -0.1) is 0 Å². The zero-order chi connectivity index (χ0) is 22.4. The van der Waals surface area contributed by atoms with Crippen LogP contribution in [0.4, 0.5) is 5.82 Å². The number of halogens is 1. The fraction of sp³-hybridized carbons (Fsp3) is 0.167. The molecule has 0 spiro atoms. The summed E-state index contributed by atoms with van der Waals surface area (Å²) in [6, 6.07) is 16.3. The third kappa shape index (κ3) is 3.61. The van der Waals surface area contributed by atoms with Crippen LogP contribution in [-0.2, 0) is 4.79 Å². The van der Waals surface area contributed by atoms with Gasteiger partial charge in [0.2, 0.25) is 5.91 Å². The molecule has 0 radical (unpaired) electrons. The van der Waals surface area contributed by atoms with Gasteiger partial charge in [-0.25, -0.2) is 9.97 Å². The molecule has 0 saturated carbocycles. The first-order valence-electron chi connectivity index (χ1n) is 10.2. The van der Waals surface area contributed by atoms with Crippen LogP contribution in [0.15, 0.2) is 54.6 Å². The molecular weight excluding hydrogens is 426 g/mol. The van der Waals surface area contributed by atoms with Crippen LogP contribution in [0, 0.1) is 13.8 Å². The number of anilines is 1. The molecule has 4 aromatic rings. The molecule has 0 fully saturated rings. The zero-order valence-corrected chi connectivity index (χ0v) is 18.3. The first-order chi connectivity index (χ1) is 15.4. The number of fused-ring (bicyclic) bond motifs is 1. The van der Waals surface area contributed by atoms with Crippen molar-refractivity contribution in [3.8, 4) is 23.0 Å². The second kappa shape index (κ2) is 7.76. The van der Waals surface area contributed by atoms with Crippen LogP contribution in [0.25, 0.3) is 17.2 Å². The fourth-order valence-corrected chi connectivity index (χ4v) is 4.27. The second-order valence-electron chi connectivity index (χ2n) is 7.88. The summed E-state index contributed by atoms with van der Waals surface area (Å²) >= 11 is 6.11. The van der Waals surface area contributed by atoms with Crippen molar-refractivity contribution in [3.63, 3.8) is 0 Å². The van der Waals surface area contributed by atoms with E-state index in [4.69, 9.17) is 16.7 Å². The van der Waals surface area contributed by atoms with Crippen molar-refractivity contribution >= 4 is 23.3 Å². The van der Waals surface area contributed by atoms with E-state index in [0.717, 1.165) is 28.1 Å². The molecule has 2 aromatic carbocycles. The van der Waals surface area contributed by atoms with E-state index in [1.807, 2.05) is 38.1 Å². The van der Waals surface area contributed by atoms with Gasteiger partial charge in [0.25, 0.3) is 5.95 Å². The molecule has 1 aliphatic heterocycles. The van der Waals surface area contributed by atoms with Crippen LogP contribution < -0.4 is 5.32 Å². The third-order valence-corrected chi connectivity index (χ3v) is 5.72. The Morgan fingerprint density at radius 2 is 1.78 bits per heavy atom. The maximum Gasteiger partial charge on any atom is 0.252 e. The molecule has 1 amide bonds. The van der Waals surface area contributed by atoms with Gasteiger partial charge in [-0.2, -0.15) is 9.78 Å². The molecule has 32 heavy (non-hydrogen) atoms. The van der Waals surface area contributed by atoms with E-state index >= 15 is 0 Å². The molecule has 7 nitrogen and oxygen atoms in total. The quantitative estimate of drug-likeness (QED) is 0.473. The molecule has 1 aliphatic rings. The normalized spacial score (nSPS) is 15.3. The summed E-state index contributed by atoms with van der Waals surface area (Å²) < 4.78 is 1.59. The van der Waals surface area contributed by atoms with E-state index in [9.17, 15) is 9.90 Å². The number of nitrogens with zero attached hydrogens (tertiary/aromatic N) is 4. The predicted octanol–water partition coefficient (Wildman–Crippen LogP) is 4.78. The fourth-order valence-electron chi connectivity index (χ4n) is 4.14. The van der Waals surface area contributed by atoms with E-state index in [1.165, 1.54) is 0 Å². The SMILES string of the molecule is Cc1cc(C)nc(-n2nc(-c3ccc(Cl)cc3)c3c2NC(=O)C[C@@H]3c2cccc(O)c2)n1. The Balaban J connectivity index is 1.79. The summed E-state index contributed by atoms with van der Waals surface area (Å²) in [5.41, 5.74) is 4.84. The lowest BCUT2D eigenvalue weighted by Gasteiger charge is -2.24. The molecule has 0 unspecified atom stereocenters. The number of phenols is 1. The van der Waals surface area contributed by atoms with Gasteiger partial charge in [0.1, 0.15) is 11.6 Å². The van der Waals surface area contributed by atoms with Gasteiger partial charge in [-0.05, 0) is 49.7 Å². The molecule has 160 valence electrons. The number of rotatable bonds is 3. The smallest absolute Gasteiger partial charge is 0.252 e. The summed E-state index contributed by atoms with van der Waals surface area (Å²) in [5, 5.41) is 18.5. The van der Waals surface area contributed by atoms with Crippen LogP contribution in [0.3, 0.4) is 0 Å². The minimum Gasteiger partial charge on any atom is -0.508 e. The molecule has 0 aliphatic carbocycles. The zero-order valence-electron chi connectivity index (χ0n) is 17.5. The standard InChI is InChI=1S/C24H20ClN5O2/c1-13-10-14(2)27-24(26-13)30-23-21(22(29-30)15-6-8-17(25)9-7-15)19(12-20(32)28-23)16-4-3-5-18(31)11-16/h3-11,19,31H,12H2,1-2H3,(H,28,32)/t19-/m1/s1. The number of amides is 1. The van der Waals surface area contributed by atoms with Gasteiger partial charge in [0, 0.05) is 39.9 Å². The number of phenolic OH excluding ortho intramolecular Hbond substituents is 1. The molecule has 1 atom stereocenters. The third-order valence-electron chi connectivity index (χ3n) is 5.47. The van der Waals surface area contributed by atoms with Crippen LogP contribution in [0.2, 0.25) is 5.02 Å². The van der Waals surface area contributed by atoms with Crippen molar-refractivity contribution in [1.82, 2.24) is 19.7 Å². The Kier molecular flexibility index (Phi) is 4.90. The van der Waals surface area contributed by atoms with Crippen molar-refractivity contribution in [3.05, 3.63) is 82.1 Å². The first kappa shape index (κ1) is 20.2. The number of aromatic hydroxyl groups is 1. The van der Waals surface area contributed by atoms with Gasteiger partial charge in [0.05, 0.1) is 5.69 Å². The number of hydrogen-bond donors (Lipinski definition) is 2. The van der Waals surface area contributed by atoms with Gasteiger partial charge < -0.3 is 10.4 Å². The van der Waals surface area contributed by atoms with Gasteiger partial charge in [0.15, 0.2) is 0 Å². The monoisotopic (exact) mass is 445 g/mol. The lowest BCUT2D eigenvalue weighted by atomic mass is 9.84. The highest BCUT2D eigenvalue weighted by atomic mass is 35.5. The van der Waals surface area contributed by atoms with Crippen molar-refractivity contribution in [2.45, 2.75) is 26.2 Å². The van der Waals surface area contributed by atoms with Crippen molar-refractivity contribution in [1.29, 1.82) is 0 Å². The Labute approximate surface area is 189 Å². The lowest BCUT2D eigenvalue weighted by Crippen LogP contribution is -2.25. The minimum atomic E-state index is -0.295. The summed E-state index contributed by atoms with van der Waals surface area (Å²) in [7, 11) is 0. The molecule has 2 N–H and O–H groups in total. The Morgan fingerprint density at radius 3 is 2.47 bits per heavy atom. The van der Waals surface area contributed by atoms with Crippen LogP contribution >= 0.6 is 11.6 Å². The number of aromatic nitrogens is 4. The number of carbonyl (C=O) groups is 1. The Morgan fingerprint density at radius 1 is 1.06 bits per heavy atom. The second-order valence-corrected chi connectivity index (χ2v) is 8.32. The lowest BCUT2D eigenvalue weighted by molar-refractivity contribution is -0.116. The molecule has 5 rings (SSSR count). The molecule has 2 aromatic heterocycles. The average molecular weight is 446 g/mol. The number of nitrogens with one attached hydrogen (secondary N) is 1. The summed E-state index contributed by atoms with van der Waals surface area (Å²) in [6.07, 6.45) is 0.233. The van der Waals surface area contributed by atoms with Crippen molar-refractivity contribution in [2.75, 3.05) is 5.32 Å². The maximum absolute atomic E-state index is 12.7. The number of aryl methyl sites for hydroxylation is 2. The van der Waals surface area contributed by atoms with E-state index in [1.54, 1.807) is 35.0 Å². The molecule has 0 bridgehead atoms. The largest absolute Gasteiger partial charge is 0.508 e. The van der Waals surface area contributed by atoms with E-state index in [2.05, 4.69) is 15.3 Å². The first-order valence-corrected chi connectivity index (χ1v) is 10.6. The Hall–Kier alpha value is -3.71. The molecule has 0 saturated heterocycles. The average Bonchev–Trinajstić information content (AvgIpc) is 3.12. The summed E-state index contributed by atoms with van der Waals surface area (Å²) in [6.45, 7) is 3.78. The van der Waals surface area contributed by atoms with Gasteiger partial charge in [-0.3, -0.25) is 4.79 Å². The number of carbonyl (C=O) groups excluding carboxylic acids is 1. The van der Waals surface area contributed by atoms with E-state index in [0.29, 0.717) is 22.5 Å². The maximum atomic E-state index is 12.7. The van der Waals surface area contributed by atoms with Crippen LogP contribution in [0.1, 0.15) is 34.9 Å². The predicted molar refractivity (Wildman–Crippen MR) is 122 cm³/mol. The highest BCUT2D eigenvalue weighted by Crippen LogP contribution is 2.44. The number of hydrogen-bond acceptors (Lipinski definition) is 5. The molecule has 8 heteroatoms. The van der Waals surface area contributed by atoms with Crippen LogP contribution in [0.5, 0.6) is 5.75 Å². The summed E-state index contributed by atoms with van der Waals surface area (Å²) in [4.78, 5) is 21.8.